The number of fused-ring (bicyclic) bond motifs is 1. The van der Waals surface area contributed by atoms with Gasteiger partial charge in [-0.15, -0.1) is 0 Å². The number of unbranched alkanes of at least 4 members (excludes halogenated alkanes) is 1. The molecule has 0 spiro atoms. The number of rotatable bonds is 9. The zero-order chi connectivity index (χ0) is 21.8. The van der Waals surface area contributed by atoms with Crippen LogP contribution in [0.2, 0.25) is 0 Å². The van der Waals surface area contributed by atoms with Crippen molar-refractivity contribution in [3.05, 3.63) is 52.6 Å². The lowest BCUT2D eigenvalue weighted by Gasteiger charge is -2.07. The molecule has 31 heavy (non-hydrogen) atoms. The molecule has 3 aromatic heterocycles. The van der Waals surface area contributed by atoms with E-state index in [0.29, 0.717) is 30.9 Å². The van der Waals surface area contributed by atoms with Gasteiger partial charge in [0.1, 0.15) is 5.52 Å². The van der Waals surface area contributed by atoms with Crippen molar-refractivity contribution in [3.63, 3.8) is 0 Å². The Balaban J connectivity index is 1.58. The summed E-state index contributed by atoms with van der Waals surface area (Å²) in [5.41, 5.74) is 9.20. The van der Waals surface area contributed by atoms with E-state index >= 15 is 0 Å². The molecule has 3 heterocycles. The lowest BCUT2D eigenvalue weighted by molar-refractivity contribution is 0.269. The summed E-state index contributed by atoms with van der Waals surface area (Å²) in [4.78, 5) is 23.8. The molecule has 4 N–H and O–H groups in total. The van der Waals surface area contributed by atoms with Crippen LogP contribution < -0.4 is 16.2 Å². The van der Waals surface area contributed by atoms with Crippen LogP contribution in [0.5, 0.6) is 6.01 Å². The molecule has 4 aromatic rings. The van der Waals surface area contributed by atoms with Crippen LogP contribution in [0.4, 0.5) is 5.82 Å². The average Bonchev–Trinajstić information content (AvgIpc) is 3.35. The number of aromatic amines is 1. The number of nitrogen functional groups attached to an aromatic ring is 1. The Morgan fingerprint density at radius 3 is 2.74 bits per heavy atom. The van der Waals surface area contributed by atoms with Crippen molar-refractivity contribution in [1.82, 2.24) is 29.3 Å². The number of nitrogens with zero attached hydrogens (tertiary/aromatic N) is 5. The molecule has 4 rings (SSSR count). The number of H-pyrrole nitrogens is 1. The van der Waals surface area contributed by atoms with Crippen LogP contribution in [-0.4, -0.2) is 47.6 Å². The Labute approximate surface area is 178 Å². The molecule has 1 aromatic carbocycles. The van der Waals surface area contributed by atoms with E-state index in [9.17, 15) is 4.79 Å². The van der Waals surface area contributed by atoms with Gasteiger partial charge < -0.3 is 20.6 Å². The van der Waals surface area contributed by atoms with Crippen LogP contribution >= 0.6 is 0 Å². The summed E-state index contributed by atoms with van der Waals surface area (Å²) >= 11 is 0. The average molecular weight is 423 g/mol. The van der Waals surface area contributed by atoms with Crippen molar-refractivity contribution in [2.24, 2.45) is 0 Å². The van der Waals surface area contributed by atoms with E-state index in [0.717, 1.165) is 29.7 Å². The molecule has 0 radical (unpaired) electrons. The zero-order valence-electron chi connectivity index (χ0n) is 17.3. The van der Waals surface area contributed by atoms with Crippen LogP contribution in [-0.2, 0) is 13.1 Å². The minimum Gasteiger partial charge on any atom is -0.463 e. The van der Waals surface area contributed by atoms with Gasteiger partial charge in [0.15, 0.2) is 11.5 Å². The standard InChI is InChI=1S/C21H25N7O3/c1-2-3-12-31-20-24-18(22)17-19(25-20)28(21(30)23-17)13-14-4-6-15(7-5-14)16-8-9-27(26-16)10-11-29/h4-9,29H,2-3,10-13H2,1H3,(H,23,30)(H2,22,24,25). The van der Waals surface area contributed by atoms with E-state index in [1.807, 2.05) is 36.5 Å². The van der Waals surface area contributed by atoms with Crippen LogP contribution in [0.3, 0.4) is 0 Å². The molecule has 0 fully saturated rings. The highest BCUT2D eigenvalue weighted by Crippen LogP contribution is 2.21. The number of hydrogen-bond acceptors (Lipinski definition) is 7. The van der Waals surface area contributed by atoms with Crippen molar-refractivity contribution in [3.8, 4) is 17.3 Å². The fraction of sp³-hybridized carbons (Fsp3) is 0.333. The predicted octanol–water partition coefficient (Wildman–Crippen LogP) is 1.78. The van der Waals surface area contributed by atoms with Gasteiger partial charge in [0.2, 0.25) is 0 Å². The second-order valence-electron chi connectivity index (χ2n) is 7.19. The molecule has 0 aliphatic carbocycles. The van der Waals surface area contributed by atoms with Gasteiger partial charge in [0.25, 0.3) is 0 Å². The van der Waals surface area contributed by atoms with E-state index in [2.05, 4.69) is 27.0 Å². The second kappa shape index (κ2) is 9.00. The maximum Gasteiger partial charge on any atom is 0.328 e. The summed E-state index contributed by atoms with van der Waals surface area (Å²) in [6.45, 7) is 3.38. The first-order chi connectivity index (χ1) is 15.1. The maximum absolute atomic E-state index is 12.5. The van der Waals surface area contributed by atoms with Gasteiger partial charge in [-0.1, -0.05) is 37.6 Å². The van der Waals surface area contributed by atoms with Gasteiger partial charge in [-0.3, -0.25) is 9.25 Å². The first kappa shape index (κ1) is 20.6. The lowest BCUT2D eigenvalue weighted by atomic mass is 10.1. The number of ether oxygens (including phenoxy) is 1. The quantitative estimate of drug-likeness (QED) is 0.349. The smallest absolute Gasteiger partial charge is 0.328 e. The van der Waals surface area contributed by atoms with Crippen molar-refractivity contribution in [1.29, 1.82) is 0 Å². The van der Waals surface area contributed by atoms with Crippen LogP contribution in [0, 0.1) is 0 Å². The zero-order valence-corrected chi connectivity index (χ0v) is 17.3. The van der Waals surface area contributed by atoms with Gasteiger partial charge >= 0.3 is 11.7 Å². The van der Waals surface area contributed by atoms with Gasteiger partial charge in [-0.25, -0.2) is 4.79 Å². The monoisotopic (exact) mass is 423 g/mol. The number of nitrogens with two attached hydrogens (primary N) is 1. The summed E-state index contributed by atoms with van der Waals surface area (Å²) < 4.78 is 8.79. The fourth-order valence-corrected chi connectivity index (χ4v) is 3.26. The molecule has 0 aliphatic heterocycles. The molecule has 0 saturated heterocycles. The van der Waals surface area contributed by atoms with Crippen molar-refractivity contribution in [2.75, 3.05) is 18.9 Å². The summed E-state index contributed by atoms with van der Waals surface area (Å²) in [7, 11) is 0. The number of aromatic nitrogens is 6. The van der Waals surface area contributed by atoms with E-state index in [1.165, 1.54) is 4.57 Å². The van der Waals surface area contributed by atoms with E-state index in [4.69, 9.17) is 15.6 Å². The molecule has 0 aliphatic rings. The molecule has 10 heteroatoms. The molecule has 0 saturated carbocycles. The number of nitrogens with one attached hydrogen (secondary N) is 1. The topological polar surface area (TPSA) is 137 Å². The van der Waals surface area contributed by atoms with E-state index in [-0.39, 0.29) is 24.1 Å². The van der Waals surface area contributed by atoms with Gasteiger partial charge in [-0.05, 0) is 18.1 Å². The van der Waals surface area contributed by atoms with Gasteiger partial charge in [-0.2, -0.15) is 15.1 Å². The first-order valence-electron chi connectivity index (χ1n) is 10.2. The highest BCUT2D eigenvalue weighted by atomic mass is 16.5. The second-order valence-corrected chi connectivity index (χ2v) is 7.19. The first-order valence-corrected chi connectivity index (χ1v) is 10.2. The Hall–Kier alpha value is -3.66. The summed E-state index contributed by atoms with van der Waals surface area (Å²) in [5, 5.41) is 13.5. The molecule has 10 nitrogen and oxygen atoms in total. The summed E-state index contributed by atoms with van der Waals surface area (Å²) in [5.74, 6) is 0.182. The Bertz CT molecular complexity index is 1220. The molecule has 0 amide bonds. The number of aliphatic hydroxyl groups excluding tert-OH is 1. The molecular weight excluding hydrogens is 398 g/mol. The largest absolute Gasteiger partial charge is 0.463 e. The number of imidazole rings is 1. The van der Waals surface area contributed by atoms with E-state index < -0.39 is 0 Å². The van der Waals surface area contributed by atoms with Gasteiger partial charge in [0.05, 0.1) is 32.0 Å². The maximum atomic E-state index is 12.5. The Kier molecular flexibility index (Phi) is 5.99. The van der Waals surface area contributed by atoms with Crippen molar-refractivity contribution >= 4 is 17.0 Å². The minimum atomic E-state index is -0.312. The SMILES string of the molecule is CCCCOc1nc(N)c2[nH]c(=O)n(Cc3ccc(-c4ccn(CCO)n4)cc3)c2n1. The molecular formula is C21H25N7O3. The molecule has 0 unspecified atom stereocenters. The van der Waals surface area contributed by atoms with Crippen molar-refractivity contribution < 1.29 is 9.84 Å². The predicted molar refractivity (Wildman–Crippen MR) is 117 cm³/mol. The van der Waals surface area contributed by atoms with E-state index in [1.54, 1.807) is 4.68 Å². The Morgan fingerprint density at radius 1 is 1.19 bits per heavy atom. The highest BCUT2D eigenvalue weighted by molar-refractivity contribution is 5.82. The lowest BCUT2D eigenvalue weighted by Crippen LogP contribution is -2.17. The van der Waals surface area contributed by atoms with Crippen LogP contribution in [0.25, 0.3) is 22.4 Å². The van der Waals surface area contributed by atoms with Crippen LogP contribution in [0.1, 0.15) is 25.3 Å². The normalized spacial score (nSPS) is 11.3. The third kappa shape index (κ3) is 4.43. The third-order valence-electron chi connectivity index (χ3n) is 4.92. The summed E-state index contributed by atoms with van der Waals surface area (Å²) in [6, 6.07) is 9.84. The van der Waals surface area contributed by atoms with Gasteiger partial charge in [0, 0.05) is 11.8 Å². The number of aliphatic hydroxyl groups is 1. The third-order valence-corrected chi connectivity index (χ3v) is 4.92. The van der Waals surface area contributed by atoms with Crippen LogP contribution in [0.15, 0.2) is 41.3 Å². The number of anilines is 1. The highest BCUT2D eigenvalue weighted by Gasteiger charge is 2.15. The van der Waals surface area contributed by atoms with Crippen molar-refractivity contribution in [2.45, 2.75) is 32.9 Å². The fourth-order valence-electron chi connectivity index (χ4n) is 3.26. The summed E-state index contributed by atoms with van der Waals surface area (Å²) in [6.07, 6.45) is 3.70. The Morgan fingerprint density at radius 2 is 2.00 bits per heavy atom. The number of benzene rings is 1. The molecule has 162 valence electrons. The minimum absolute atomic E-state index is 0.0405. The number of hydrogen-bond donors (Lipinski definition) is 3. The molecule has 0 atom stereocenters. The molecule has 0 bridgehead atoms.